The number of morpholine rings is 1. The van der Waals surface area contributed by atoms with Crippen LogP contribution in [0.5, 0.6) is 11.5 Å². The van der Waals surface area contributed by atoms with E-state index in [1.807, 2.05) is 32.0 Å². The van der Waals surface area contributed by atoms with E-state index in [0.29, 0.717) is 36.7 Å². The van der Waals surface area contributed by atoms with Crippen molar-refractivity contribution < 1.29 is 27.4 Å². The first kappa shape index (κ1) is 29.5. The zero-order valence-electron chi connectivity index (χ0n) is 23.4. The highest BCUT2D eigenvalue weighted by molar-refractivity contribution is 7.89. The molecule has 1 N–H and O–H groups in total. The minimum atomic E-state index is -3.73. The van der Waals surface area contributed by atoms with Crippen LogP contribution in [-0.4, -0.2) is 89.1 Å². The van der Waals surface area contributed by atoms with Gasteiger partial charge in [-0.05, 0) is 69.6 Å². The van der Waals surface area contributed by atoms with Crippen LogP contribution in [-0.2, 0) is 14.8 Å². The van der Waals surface area contributed by atoms with Gasteiger partial charge in [0.05, 0.1) is 37.9 Å². The van der Waals surface area contributed by atoms with Crippen LogP contribution in [0.25, 0.3) is 0 Å². The number of Topliss-reactive ketones (excluding diaryl/α,β-unsaturated/α-hetero) is 1. The molecule has 2 fully saturated rings. The molecule has 3 unspecified atom stereocenters. The third kappa shape index (κ3) is 7.18. The number of carbonyl (C=O) groups is 1. The summed E-state index contributed by atoms with van der Waals surface area (Å²) in [6, 6.07) is 12.4. The van der Waals surface area contributed by atoms with Crippen LogP contribution in [0.15, 0.2) is 47.4 Å². The average Bonchev–Trinajstić information content (AvgIpc) is 2.95. The van der Waals surface area contributed by atoms with Gasteiger partial charge in [-0.25, -0.2) is 8.42 Å². The SMILES string of the molecule is COc1ccc(C(CNCC(=O)c2cccc(S(=O)(=O)N3CC(C)OC(C)C3)c2)N2CCCCC2)cc1OC. The highest BCUT2D eigenvalue weighted by Crippen LogP contribution is 2.33. The molecule has 2 aliphatic rings. The fourth-order valence-corrected chi connectivity index (χ4v) is 7.12. The molecule has 10 heteroatoms. The summed E-state index contributed by atoms with van der Waals surface area (Å²) in [7, 11) is -0.481. The lowest BCUT2D eigenvalue weighted by Crippen LogP contribution is -2.48. The van der Waals surface area contributed by atoms with E-state index in [2.05, 4.69) is 10.2 Å². The first-order chi connectivity index (χ1) is 18.7. The molecule has 39 heavy (non-hydrogen) atoms. The third-order valence-corrected chi connectivity index (χ3v) is 9.25. The molecule has 3 atom stereocenters. The average molecular weight is 560 g/mol. The largest absolute Gasteiger partial charge is 0.493 e. The van der Waals surface area contributed by atoms with Crippen LogP contribution in [0.3, 0.4) is 0 Å². The summed E-state index contributed by atoms with van der Waals surface area (Å²) >= 11 is 0. The Labute approximate surface area is 232 Å². The Hall–Kier alpha value is -2.50. The number of hydrogen-bond donors (Lipinski definition) is 1. The monoisotopic (exact) mass is 559 g/mol. The summed E-state index contributed by atoms with van der Waals surface area (Å²) in [4.78, 5) is 15.7. The van der Waals surface area contributed by atoms with Gasteiger partial charge in [0.15, 0.2) is 17.3 Å². The smallest absolute Gasteiger partial charge is 0.243 e. The quantitative estimate of drug-likeness (QED) is 0.418. The van der Waals surface area contributed by atoms with Crippen molar-refractivity contribution in [1.82, 2.24) is 14.5 Å². The molecule has 0 aliphatic carbocycles. The molecule has 2 aromatic carbocycles. The summed E-state index contributed by atoms with van der Waals surface area (Å²) in [5.74, 6) is 1.20. The molecule has 2 aromatic rings. The van der Waals surface area contributed by atoms with Crippen molar-refractivity contribution in [3.8, 4) is 11.5 Å². The van der Waals surface area contributed by atoms with Gasteiger partial charge in [-0.2, -0.15) is 4.31 Å². The van der Waals surface area contributed by atoms with Crippen LogP contribution >= 0.6 is 0 Å². The maximum atomic E-state index is 13.3. The number of piperidine rings is 1. The third-order valence-electron chi connectivity index (χ3n) is 7.43. The Morgan fingerprint density at radius 2 is 1.69 bits per heavy atom. The first-order valence-corrected chi connectivity index (χ1v) is 15.1. The Kier molecular flexibility index (Phi) is 10.0. The van der Waals surface area contributed by atoms with E-state index in [9.17, 15) is 13.2 Å². The minimum absolute atomic E-state index is 0.0647. The molecule has 2 saturated heterocycles. The number of likely N-dealkylation sites (tertiary alicyclic amines) is 1. The number of hydrogen-bond acceptors (Lipinski definition) is 8. The number of methoxy groups -OCH3 is 2. The van der Waals surface area contributed by atoms with E-state index in [-0.39, 0.29) is 35.5 Å². The first-order valence-electron chi connectivity index (χ1n) is 13.7. The van der Waals surface area contributed by atoms with Crippen LogP contribution in [0.1, 0.15) is 55.1 Å². The van der Waals surface area contributed by atoms with E-state index in [1.165, 1.54) is 16.8 Å². The number of sulfonamides is 1. The lowest BCUT2D eigenvalue weighted by molar-refractivity contribution is -0.0440. The summed E-state index contributed by atoms with van der Waals surface area (Å²) in [5, 5.41) is 3.34. The number of ketones is 1. The van der Waals surface area contributed by atoms with E-state index in [4.69, 9.17) is 14.2 Å². The molecule has 0 saturated carbocycles. The highest BCUT2D eigenvalue weighted by Gasteiger charge is 2.32. The molecule has 0 radical (unpaired) electrons. The van der Waals surface area contributed by atoms with E-state index in [1.54, 1.807) is 32.4 Å². The van der Waals surface area contributed by atoms with Gasteiger partial charge in [0.25, 0.3) is 0 Å². The normalized spacial score (nSPS) is 21.8. The van der Waals surface area contributed by atoms with Gasteiger partial charge in [-0.1, -0.05) is 24.6 Å². The van der Waals surface area contributed by atoms with Gasteiger partial charge in [-0.3, -0.25) is 9.69 Å². The van der Waals surface area contributed by atoms with Crippen molar-refractivity contribution in [2.24, 2.45) is 0 Å². The van der Waals surface area contributed by atoms with E-state index >= 15 is 0 Å². The molecule has 4 rings (SSSR count). The van der Waals surface area contributed by atoms with Crippen molar-refractivity contribution in [3.05, 3.63) is 53.6 Å². The van der Waals surface area contributed by atoms with E-state index in [0.717, 1.165) is 31.5 Å². The minimum Gasteiger partial charge on any atom is -0.493 e. The number of rotatable bonds is 11. The molecule has 0 bridgehead atoms. The van der Waals surface area contributed by atoms with Crippen molar-refractivity contribution in [2.75, 3.05) is 53.5 Å². The summed E-state index contributed by atoms with van der Waals surface area (Å²) in [6.07, 6.45) is 3.14. The predicted molar refractivity (Wildman–Crippen MR) is 150 cm³/mol. The fraction of sp³-hybridized carbons (Fsp3) is 0.552. The lowest BCUT2D eigenvalue weighted by Gasteiger charge is -2.35. The van der Waals surface area contributed by atoms with Gasteiger partial charge < -0.3 is 19.5 Å². The standard InChI is InChI=1S/C29H41N3O6S/c1-21-19-32(20-22(2)38-21)39(34,35)25-10-8-9-24(15-25)27(33)18-30-17-26(31-13-6-5-7-14-31)23-11-12-28(36-3)29(16-23)37-4/h8-12,15-16,21-22,26,30H,5-7,13-14,17-20H2,1-4H3. The van der Waals surface area contributed by atoms with Gasteiger partial charge in [0, 0.05) is 31.2 Å². The number of nitrogens with zero attached hydrogens (tertiary/aromatic N) is 2. The van der Waals surface area contributed by atoms with Crippen molar-refractivity contribution >= 4 is 15.8 Å². The Morgan fingerprint density at radius 1 is 1.00 bits per heavy atom. The molecular weight excluding hydrogens is 518 g/mol. The fourth-order valence-electron chi connectivity index (χ4n) is 5.48. The van der Waals surface area contributed by atoms with Gasteiger partial charge in [0.1, 0.15) is 0 Å². The second-order valence-corrected chi connectivity index (χ2v) is 12.3. The van der Waals surface area contributed by atoms with Crippen molar-refractivity contribution in [2.45, 2.75) is 56.3 Å². The van der Waals surface area contributed by atoms with Gasteiger partial charge in [0.2, 0.25) is 10.0 Å². The van der Waals surface area contributed by atoms with Gasteiger partial charge in [-0.15, -0.1) is 0 Å². The molecule has 0 spiro atoms. The predicted octanol–water partition coefficient (Wildman–Crippen LogP) is 3.50. The Balaban J connectivity index is 1.45. The Morgan fingerprint density at radius 3 is 2.36 bits per heavy atom. The molecule has 2 aliphatic heterocycles. The molecule has 214 valence electrons. The highest BCUT2D eigenvalue weighted by atomic mass is 32.2. The topological polar surface area (TPSA) is 97.4 Å². The number of carbonyl (C=O) groups excluding carboxylic acids is 1. The summed E-state index contributed by atoms with van der Waals surface area (Å²) in [6.45, 7) is 6.98. The number of benzene rings is 2. The zero-order valence-corrected chi connectivity index (χ0v) is 24.2. The molecule has 9 nitrogen and oxygen atoms in total. The van der Waals surface area contributed by atoms with E-state index < -0.39 is 10.0 Å². The molecule has 0 amide bonds. The second-order valence-electron chi connectivity index (χ2n) is 10.4. The van der Waals surface area contributed by atoms with Crippen molar-refractivity contribution in [1.29, 1.82) is 0 Å². The summed E-state index contributed by atoms with van der Waals surface area (Å²) in [5.41, 5.74) is 1.47. The van der Waals surface area contributed by atoms with Crippen LogP contribution in [0.2, 0.25) is 0 Å². The maximum Gasteiger partial charge on any atom is 0.243 e. The molecule has 0 aromatic heterocycles. The number of ether oxygens (including phenoxy) is 3. The van der Waals surface area contributed by atoms with Crippen LogP contribution in [0.4, 0.5) is 0 Å². The lowest BCUT2D eigenvalue weighted by atomic mass is 10.0. The van der Waals surface area contributed by atoms with Gasteiger partial charge >= 0.3 is 0 Å². The maximum absolute atomic E-state index is 13.3. The molecular formula is C29H41N3O6S. The van der Waals surface area contributed by atoms with Crippen LogP contribution in [0, 0.1) is 0 Å². The second kappa shape index (κ2) is 13.2. The van der Waals surface area contributed by atoms with Crippen LogP contribution < -0.4 is 14.8 Å². The Bertz CT molecular complexity index is 1220. The zero-order chi connectivity index (χ0) is 28.0. The summed E-state index contributed by atoms with van der Waals surface area (Å²) < 4.78 is 44.7. The van der Waals surface area contributed by atoms with Crippen molar-refractivity contribution in [3.63, 3.8) is 0 Å². The number of nitrogens with one attached hydrogen (secondary N) is 1. The molecule has 2 heterocycles.